The third-order valence-electron chi connectivity index (χ3n) is 3.73. The molecule has 0 radical (unpaired) electrons. The predicted molar refractivity (Wildman–Crippen MR) is 79.8 cm³/mol. The quantitative estimate of drug-likeness (QED) is 0.714. The number of rotatable bonds is 8. The van der Waals surface area contributed by atoms with Crippen molar-refractivity contribution in [2.45, 2.75) is 57.1 Å². The fraction of sp³-hybridized carbons (Fsp3) is 0.929. The van der Waals surface area contributed by atoms with E-state index < -0.39 is 0 Å². The molecule has 1 saturated heterocycles. The van der Waals surface area contributed by atoms with E-state index in [0.717, 1.165) is 32.4 Å². The van der Waals surface area contributed by atoms with Crippen LogP contribution in [0.5, 0.6) is 0 Å². The van der Waals surface area contributed by atoms with Gasteiger partial charge >= 0.3 is 0 Å². The molecule has 1 heterocycles. The standard InChI is InChI=1S/C14H28N2OS/c1-2-12(8-9-15)6-7-14(17)16-11-13-5-3-4-10-18-13/h12-13H,2-11,15H2,1H3,(H,16,17). The molecule has 1 fully saturated rings. The highest BCUT2D eigenvalue weighted by Gasteiger charge is 2.15. The van der Waals surface area contributed by atoms with Crippen LogP contribution < -0.4 is 11.1 Å². The predicted octanol–water partition coefficient (Wildman–Crippen LogP) is 2.54. The summed E-state index contributed by atoms with van der Waals surface area (Å²) in [6.07, 6.45) is 7.74. The lowest BCUT2D eigenvalue weighted by Gasteiger charge is -2.21. The van der Waals surface area contributed by atoms with Gasteiger partial charge in [-0.2, -0.15) is 11.8 Å². The van der Waals surface area contributed by atoms with Gasteiger partial charge < -0.3 is 11.1 Å². The zero-order valence-corrected chi connectivity index (χ0v) is 12.4. The molecule has 4 heteroatoms. The Kier molecular flexibility index (Phi) is 8.51. The Bertz CT molecular complexity index is 219. The van der Waals surface area contributed by atoms with Crippen molar-refractivity contribution < 1.29 is 4.79 Å². The highest BCUT2D eigenvalue weighted by Crippen LogP contribution is 2.24. The van der Waals surface area contributed by atoms with Crippen LogP contribution in [0.15, 0.2) is 0 Å². The monoisotopic (exact) mass is 272 g/mol. The maximum Gasteiger partial charge on any atom is 0.220 e. The molecule has 1 aliphatic heterocycles. The Morgan fingerprint density at radius 2 is 2.28 bits per heavy atom. The highest BCUT2D eigenvalue weighted by atomic mass is 32.2. The molecule has 0 aromatic carbocycles. The molecule has 0 aliphatic carbocycles. The van der Waals surface area contributed by atoms with E-state index in [-0.39, 0.29) is 5.91 Å². The maximum absolute atomic E-state index is 11.8. The number of carbonyl (C=O) groups is 1. The van der Waals surface area contributed by atoms with Crippen molar-refractivity contribution in [3.63, 3.8) is 0 Å². The van der Waals surface area contributed by atoms with E-state index in [1.165, 1.54) is 25.0 Å². The second-order valence-electron chi connectivity index (χ2n) is 5.18. The van der Waals surface area contributed by atoms with E-state index >= 15 is 0 Å². The van der Waals surface area contributed by atoms with Gasteiger partial charge in [0, 0.05) is 18.2 Å². The van der Waals surface area contributed by atoms with Crippen LogP contribution >= 0.6 is 11.8 Å². The normalized spacial score (nSPS) is 21.6. The van der Waals surface area contributed by atoms with E-state index in [2.05, 4.69) is 12.2 Å². The summed E-state index contributed by atoms with van der Waals surface area (Å²) in [7, 11) is 0. The third-order valence-corrected chi connectivity index (χ3v) is 5.13. The Labute approximate surface area is 116 Å². The van der Waals surface area contributed by atoms with Crippen LogP contribution in [0, 0.1) is 5.92 Å². The largest absolute Gasteiger partial charge is 0.355 e. The second-order valence-corrected chi connectivity index (χ2v) is 6.59. The van der Waals surface area contributed by atoms with Crippen LogP contribution in [-0.4, -0.2) is 30.0 Å². The van der Waals surface area contributed by atoms with Gasteiger partial charge in [-0.3, -0.25) is 4.79 Å². The van der Waals surface area contributed by atoms with E-state index in [9.17, 15) is 4.79 Å². The molecule has 3 nitrogen and oxygen atoms in total. The minimum Gasteiger partial charge on any atom is -0.355 e. The molecule has 0 spiro atoms. The van der Waals surface area contributed by atoms with Crippen molar-refractivity contribution in [3.8, 4) is 0 Å². The fourth-order valence-corrected chi connectivity index (χ4v) is 3.65. The molecule has 18 heavy (non-hydrogen) atoms. The molecule has 1 amide bonds. The minimum absolute atomic E-state index is 0.219. The summed E-state index contributed by atoms with van der Waals surface area (Å²) in [5, 5.41) is 3.73. The number of hydrogen-bond donors (Lipinski definition) is 2. The summed E-state index contributed by atoms with van der Waals surface area (Å²) < 4.78 is 0. The van der Waals surface area contributed by atoms with Crippen LogP contribution in [-0.2, 0) is 4.79 Å². The van der Waals surface area contributed by atoms with E-state index in [4.69, 9.17) is 5.73 Å². The number of thioether (sulfide) groups is 1. The summed E-state index contributed by atoms with van der Waals surface area (Å²) in [6.45, 7) is 3.77. The number of nitrogens with two attached hydrogens (primary N) is 1. The number of nitrogens with one attached hydrogen (secondary N) is 1. The van der Waals surface area contributed by atoms with Crippen molar-refractivity contribution in [2.75, 3.05) is 18.8 Å². The molecule has 1 aliphatic rings. The lowest BCUT2D eigenvalue weighted by atomic mass is 9.96. The van der Waals surface area contributed by atoms with Crippen molar-refractivity contribution >= 4 is 17.7 Å². The van der Waals surface area contributed by atoms with Crippen LogP contribution in [0.25, 0.3) is 0 Å². The molecule has 0 bridgehead atoms. The van der Waals surface area contributed by atoms with Crippen LogP contribution in [0.1, 0.15) is 51.9 Å². The summed E-state index contributed by atoms with van der Waals surface area (Å²) in [4.78, 5) is 11.8. The second kappa shape index (κ2) is 9.68. The minimum atomic E-state index is 0.219. The van der Waals surface area contributed by atoms with E-state index in [1.807, 2.05) is 11.8 Å². The van der Waals surface area contributed by atoms with Gasteiger partial charge in [0.1, 0.15) is 0 Å². The lowest BCUT2D eigenvalue weighted by molar-refractivity contribution is -0.121. The van der Waals surface area contributed by atoms with Crippen LogP contribution in [0.2, 0.25) is 0 Å². The molecule has 3 N–H and O–H groups in total. The third kappa shape index (κ3) is 6.64. The molecule has 0 aromatic heterocycles. The zero-order chi connectivity index (χ0) is 13.2. The first-order valence-electron chi connectivity index (χ1n) is 7.34. The van der Waals surface area contributed by atoms with E-state index in [1.54, 1.807) is 0 Å². The molecular weight excluding hydrogens is 244 g/mol. The lowest BCUT2D eigenvalue weighted by Crippen LogP contribution is -2.32. The molecule has 1 rings (SSSR count). The van der Waals surface area contributed by atoms with Crippen molar-refractivity contribution in [1.29, 1.82) is 0 Å². The van der Waals surface area contributed by atoms with Gasteiger partial charge in [-0.05, 0) is 43.9 Å². The van der Waals surface area contributed by atoms with Gasteiger partial charge in [0.05, 0.1) is 0 Å². The Morgan fingerprint density at radius 1 is 1.44 bits per heavy atom. The Morgan fingerprint density at radius 3 is 2.89 bits per heavy atom. The molecule has 0 saturated carbocycles. The van der Waals surface area contributed by atoms with Crippen molar-refractivity contribution in [2.24, 2.45) is 11.7 Å². The molecule has 106 valence electrons. The SMILES string of the molecule is CCC(CCN)CCC(=O)NCC1CCCCS1. The van der Waals surface area contributed by atoms with Crippen molar-refractivity contribution in [1.82, 2.24) is 5.32 Å². The number of hydrogen-bond acceptors (Lipinski definition) is 3. The first-order chi connectivity index (χ1) is 8.76. The zero-order valence-electron chi connectivity index (χ0n) is 11.6. The van der Waals surface area contributed by atoms with Gasteiger partial charge in [-0.25, -0.2) is 0 Å². The Balaban J connectivity index is 2.08. The molecule has 2 atom stereocenters. The van der Waals surface area contributed by atoms with Crippen molar-refractivity contribution in [3.05, 3.63) is 0 Å². The molecular formula is C14H28N2OS. The average Bonchev–Trinajstić information content (AvgIpc) is 2.42. The fourth-order valence-electron chi connectivity index (χ4n) is 2.41. The number of amides is 1. The van der Waals surface area contributed by atoms with Crippen LogP contribution in [0.4, 0.5) is 0 Å². The first kappa shape index (κ1) is 15.8. The topological polar surface area (TPSA) is 55.1 Å². The smallest absolute Gasteiger partial charge is 0.220 e. The average molecular weight is 272 g/mol. The summed E-state index contributed by atoms with van der Waals surface area (Å²) in [6, 6.07) is 0. The first-order valence-corrected chi connectivity index (χ1v) is 8.39. The molecule has 2 unspecified atom stereocenters. The molecule has 0 aromatic rings. The number of carbonyl (C=O) groups excluding carboxylic acids is 1. The van der Waals surface area contributed by atoms with Gasteiger partial charge in [0.2, 0.25) is 5.91 Å². The summed E-state index contributed by atoms with van der Waals surface area (Å²) in [5.41, 5.74) is 5.56. The summed E-state index contributed by atoms with van der Waals surface area (Å²) in [5.74, 6) is 2.09. The van der Waals surface area contributed by atoms with E-state index in [0.29, 0.717) is 17.6 Å². The Hall–Kier alpha value is -0.220. The highest BCUT2D eigenvalue weighted by molar-refractivity contribution is 7.99. The van der Waals surface area contributed by atoms with Crippen LogP contribution in [0.3, 0.4) is 0 Å². The summed E-state index contributed by atoms with van der Waals surface area (Å²) >= 11 is 2.01. The van der Waals surface area contributed by atoms with Gasteiger partial charge in [-0.1, -0.05) is 19.8 Å². The maximum atomic E-state index is 11.8. The van der Waals surface area contributed by atoms with Gasteiger partial charge in [-0.15, -0.1) is 0 Å². The van der Waals surface area contributed by atoms with Gasteiger partial charge in [0.25, 0.3) is 0 Å². The van der Waals surface area contributed by atoms with Gasteiger partial charge in [0.15, 0.2) is 0 Å².